The van der Waals surface area contributed by atoms with Crippen LogP contribution in [0.25, 0.3) is 0 Å². The van der Waals surface area contributed by atoms with Crippen molar-refractivity contribution < 1.29 is 14.3 Å². The van der Waals surface area contributed by atoms with Gasteiger partial charge in [-0.05, 0) is 26.0 Å². The lowest BCUT2D eigenvalue weighted by atomic mass is 9.92. The lowest BCUT2D eigenvalue weighted by Crippen LogP contribution is -2.41. The molecule has 0 fully saturated rings. The van der Waals surface area contributed by atoms with Crippen molar-refractivity contribution >= 4 is 11.9 Å². The summed E-state index contributed by atoms with van der Waals surface area (Å²) < 4.78 is 4.60. The van der Waals surface area contributed by atoms with E-state index >= 15 is 0 Å². The highest BCUT2D eigenvalue weighted by Gasteiger charge is 2.25. The average Bonchev–Trinajstić information content (AvgIpc) is 2.46. The van der Waals surface area contributed by atoms with Gasteiger partial charge in [-0.1, -0.05) is 0 Å². The summed E-state index contributed by atoms with van der Waals surface area (Å²) in [5, 5.41) is 5.81. The Balaban J connectivity index is 2.51. The van der Waals surface area contributed by atoms with Gasteiger partial charge < -0.3 is 15.4 Å². The number of hydrogen-bond acceptors (Lipinski definition) is 5. The third kappa shape index (κ3) is 4.31. The van der Waals surface area contributed by atoms with E-state index < -0.39 is 11.4 Å². The van der Waals surface area contributed by atoms with Crippen molar-refractivity contribution in [3.8, 4) is 0 Å². The number of carbonyl (C=O) groups is 2. The summed E-state index contributed by atoms with van der Waals surface area (Å²) in [6.45, 7) is 4.80. The van der Waals surface area contributed by atoms with Gasteiger partial charge in [0, 0.05) is 26.3 Å². The van der Waals surface area contributed by atoms with Gasteiger partial charge in [0.05, 0.1) is 23.8 Å². The lowest BCUT2D eigenvalue weighted by molar-refractivity contribution is -0.128. The lowest BCUT2D eigenvalue weighted by Gasteiger charge is -2.22. The number of carbonyl (C=O) groups excluding carboxylic acids is 2. The quantitative estimate of drug-likeness (QED) is 0.750. The molecule has 20 heavy (non-hydrogen) atoms. The molecular formula is C14H21N3O3. The molecule has 0 aliphatic rings. The highest BCUT2D eigenvalue weighted by molar-refractivity contribution is 5.88. The van der Waals surface area contributed by atoms with Gasteiger partial charge in [0.25, 0.3) is 0 Å². The Labute approximate surface area is 118 Å². The number of pyridine rings is 1. The van der Waals surface area contributed by atoms with Crippen LogP contribution in [0.15, 0.2) is 18.3 Å². The minimum Gasteiger partial charge on any atom is -0.465 e. The summed E-state index contributed by atoms with van der Waals surface area (Å²) in [6.07, 6.45) is 1.48. The van der Waals surface area contributed by atoms with Gasteiger partial charge in [-0.2, -0.15) is 0 Å². The fraction of sp³-hybridized carbons (Fsp3) is 0.500. The minimum atomic E-state index is -0.485. The Morgan fingerprint density at radius 1 is 1.35 bits per heavy atom. The largest absolute Gasteiger partial charge is 0.465 e. The molecule has 6 nitrogen and oxygen atoms in total. The zero-order valence-electron chi connectivity index (χ0n) is 12.3. The highest BCUT2D eigenvalue weighted by atomic mass is 16.5. The molecule has 6 heteroatoms. The van der Waals surface area contributed by atoms with Crippen LogP contribution in [0, 0.1) is 5.41 Å². The topological polar surface area (TPSA) is 80.3 Å². The molecule has 0 atom stereocenters. The summed E-state index contributed by atoms with van der Waals surface area (Å²) in [6, 6.07) is 3.42. The molecule has 0 bridgehead atoms. The van der Waals surface area contributed by atoms with Crippen LogP contribution in [-0.2, 0) is 16.1 Å². The number of nitrogens with one attached hydrogen (secondary N) is 2. The van der Waals surface area contributed by atoms with Crippen LogP contribution in [0.3, 0.4) is 0 Å². The van der Waals surface area contributed by atoms with Crippen molar-refractivity contribution in [3.63, 3.8) is 0 Å². The average molecular weight is 279 g/mol. The fourth-order valence-corrected chi connectivity index (χ4v) is 1.69. The molecule has 0 spiro atoms. The number of rotatable bonds is 6. The third-order valence-corrected chi connectivity index (χ3v) is 2.96. The van der Waals surface area contributed by atoms with E-state index in [0.717, 1.165) is 5.69 Å². The molecule has 1 heterocycles. The van der Waals surface area contributed by atoms with Gasteiger partial charge in [0.1, 0.15) is 0 Å². The van der Waals surface area contributed by atoms with E-state index in [2.05, 4.69) is 20.4 Å². The maximum absolute atomic E-state index is 11.6. The summed E-state index contributed by atoms with van der Waals surface area (Å²) in [5.74, 6) is -0.420. The summed E-state index contributed by atoms with van der Waals surface area (Å²) in [5.41, 5.74) is 0.730. The molecular weight excluding hydrogens is 258 g/mol. The standard InChI is InChI=1S/C14H21N3O3/c1-14(2,13(19)15-3)9-16-8-11-6-5-10(7-17-11)12(18)20-4/h5-7,16H,8-9H2,1-4H3,(H,15,19). The molecule has 2 N–H and O–H groups in total. The van der Waals surface area contributed by atoms with Gasteiger partial charge in [-0.3, -0.25) is 9.78 Å². The number of hydrogen-bond donors (Lipinski definition) is 2. The number of esters is 1. The molecule has 0 radical (unpaired) electrons. The predicted molar refractivity (Wildman–Crippen MR) is 75.1 cm³/mol. The zero-order valence-corrected chi connectivity index (χ0v) is 12.3. The van der Waals surface area contributed by atoms with Crippen molar-refractivity contribution in [1.82, 2.24) is 15.6 Å². The molecule has 1 amide bonds. The SMILES string of the molecule is CNC(=O)C(C)(C)CNCc1ccc(C(=O)OC)cn1. The van der Waals surface area contributed by atoms with Crippen molar-refractivity contribution in [3.05, 3.63) is 29.6 Å². The molecule has 0 aliphatic heterocycles. The molecule has 1 aromatic rings. The van der Waals surface area contributed by atoms with Gasteiger partial charge in [-0.15, -0.1) is 0 Å². The van der Waals surface area contributed by atoms with Crippen LogP contribution in [-0.4, -0.2) is 37.6 Å². The van der Waals surface area contributed by atoms with Crippen LogP contribution in [0.5, 0.6) is 0 Å². The van der Waals surface area contributed by atoms with Gasteiger partial charge >= 0.3 is 5.97 Å². The summed E-state index contributed by atoms with van der Waals surface area (Å²) in [7, 11) is 2.95. The maximum Gasteiger partial charge on any atom is 0.339 e. The summed E-state index contributed by atoms with van der Waals surface area (Å²) in [4.78, 5) is 27.0. The Kier molecular flexibility index (Phi) is 5.64. The van der Waals surface area contributed by atoms with E-state index in [-0.39, 0.29) is 5.91 Å². The first-order chi connectivity index (χ1) is 9.40. The Bertz CT molecular complexity index is 469. The summed E-state index contributed by atoms with van der Waals surface area (Å²) >= 11 is 0. The van der Waals surface area contributed by atoms with Crippen molar-refractivity contribution in [2.45, 2.75) is 20.4 Å². The normalized spacial score (nSPS) is 11.0. The van der Waals surface area contributed by atoms with E-state index in [0.29, 0.717) is 18.7 Å². The van der Waals surface area contributed by atoms with Crippen LogP contribution in [0.4, 0.5) is 0 Å². The molecule has 1 rings (SSSR count). The first-order valence-electron chi connectivity index (χ1n) is 6.37. The first kappa shape index (κ1) is 16.1. The third-order valence-electron chi connectivity index (χ3n) is 2.96. The van der Waals surface area contributed by atoms with Crippen molar-refractivity contribution in [1.29, 1.82) is 0 Å². The highest BCUT2D eigenvalue weighted by Crippen LogP contribution is 2.13. The number of methoxy groups -OCH3 is 1. The Morgan fingerprint density at radius 3 is 2.55 bits per heavy atom. The van der Waals surface area contributed by atoms with Gasteiger partial charge in [0.2, 0.25) is 5.91 Å². The van der Waals surface area contributed by atoms with Gasteiger partial charge in [0.15, 0.2) is 0 Å². The predicted octanol–water partition coefficient (Wildman–Crippen LogP) is 0.730. The number of ether oxygens (including phenoxy) is 1. The second kappa shape index (κ2) is 7.00. The molecule has 0 saturated heterocycles. The zero-order chi connectivity index (χ0) is 15.2. The number of nitrogens with zero attached hydrogens (tertiary/aromatic N) is 1. The maximum atomic E-state index is 11.6. The molecule has 0 aliphatic carbocycles. The van der Waals surface area contributed by atoms with E-state index in [9.17, 15) is 9.59 Å². The van der Waals surface area contributed by atoms with Crippen LogP contribution in [0.1, 0.15) is 29.9 Å². The van der Waals surface area contributed by atoms with E-state index in [1.54, 1.807) is 19.2 Å². The molecule has 0 unspecified atom stereocenters. The Morgan fingerprint density at radius 2 is 2.05 bits per heavy atom. The Hall–Kier alpha value is -1.95. The number of aromatic nitrogens is 1. The van der Waals surface area contributed by atoms with E-state index in [1.165, 1.54) is 13.3 Å². The second-order valence-corrected chi connectivity index (χ2v) is 5.10. The van der Waals surface area contributed by atoms with E-state index in [4.69, 9.17) is 0 Å². The van der Waals surface area contributed by atoms with Crippen LogP contribution in [0.2, 0.25) is 0 Å². The van der Waals surface area contributed by atoms with Crippen LogP contribution >= 0.6 is 0 Å². The van der Waals surface area contributed by atoms with E-state index in [1.807, 2.05) is 13.8 Å². The molecule has 1 aromatic heterocycles. The molecule has 110 valence electrons. The fourth-order valence-electron chi connectivity index (χ4n) is 1.69. The second-order valence-electron chi connectivity index (χ2n) is 5.10. The van der Waals surface area contributed by atoms with Crippen molar-refractivity contribution in [2.24, 2.45) is 5.41 Å². The van der Waals surface area contributed by atoms with Gasteiger partial charge in [-0.25, -0.2) is 4.79 Å². The number of amides is 1. The molecule has 0 aromatic carbocycles. The van der Waals surface area contributed by atoms with Crippen molar-refractivity contribution in [2.75, 3.05) is 20.7 Å². The molecule has 0 saturated carbocycles. The minimum absolute atomic E-state index is 0.0148. The monoisotopic (exact) mass is 279 g/mol. The first-order valence-corrected chi connectivity index (χ1v) is 6.37. The smallest absolute Gasteiger partial charge is 0.339 e. The van der Waals surface area contributed by atoms with Crippen LogP contribution < -0.4 is 10.6 Å².